The lowest BCUT2D eigenvalue weighted by Crippen LogP contribution is -2.46. The number of halogens is 1. The van der Waals surface area contributed by atoms with Crippen molar-refractivity contribution in [1.82, 2.24) is 10.2 Å². The Morgan fingerprint density at radius 3 is 2.49 bits per heavy atom. The lowest BCUT2D eigenvalue weighted by atomic mass is 10.0. The second kappa shape index (κ2) is 13.5. The number of fused-ring (bicyclic) bond motifs is 1. The molecule has 0 unspecified atom stereocenters. The number of hydrogen-bond donors (Lipinski definition) is 1. The van der Waals surface area contributed by atoms with Gasteiger partial charge in [0, 0.05) is 50.0 Å². The Hall–Kier alpha value is -3.61. The van der Waals surface area contributed by atoms with E-state index in [9.17, 15) is 4.39 Å². The molecule has 5 nitrogen and oxygen atoms in total. The predicted molar refractivity (Wildman–Crippen MR) is 157 cm³/mol. The molecule has 204 valence electrons. The van der Waals surface area contributed by atoms with Crippen molar-refractivity contribution in [3.8, 4) is 11.5 Å². The van der Waals surface area contributed by atoms with E-state index in [1.54, 1.807) is 19.2 Å². The summed E-state index contributed by atoms with van der Waals surface area (Å²) in [6.07, 6.45) is 2.31. The average Bonchev–Trinajstić information content (AvgIpc) is 2.99. The van der Waals surface area contributed by atoms with Crippen LogP contribution in [0, 0.1) is 5.82 Å². The van der Waals surface area contributed by atoms with Crippen LogP contribution < -0.4 is 19.7 Å². The number of rotatable bonds is 12. The van der Waals surface area contributed by atoms with Gasteiger partial charge < -0.3 is 19.7 Å². The van der Waals surface area contributed by atoms with Crippen LogP contribution in [0.4, 0.5) is 10.1 Å². The number of unbranched alkanes of at least 4 members (excludes halogenated alkanes) is 1. The van der Waals surface area contributed by atoms with E-state index >= 15 is 0 Å². The number of piperazine rings is 1. The molecule has 1 fully saturated rings. The van der Waals surface area contributed by atoms with E-state index in [-0.39, 0.29) is 5.82 Å². The summed E-state index contributed by atoms with van der Waals surface area (Å²) in [5.74, 6) is 1.56. The third kappa shape index (κ3) is 7.28. The summed E-state index contributed by atoms with van der Waals surface area (Å²) in [6.45, 7) is 7.54. The van der Waals surface area contributed by atoms with Gasteiger partial charge in [0.15, 0.2) is 0 Å². The number of methoxy groups -OCH3 is 1. The number of nitrogens with one attached hydrogen (secondary N) is 1. The SMILES string of the molecule is COc1cccc(N2CCN(CCCCNCc3c(OCc4ccc(F)cc4)ccc4ccccc34)CC2)c1. The van der Waals surface area contributed by atoms with E-state index in [0.29, 0.717) is 6.61 Å². The lowest BCUT2D eigenvalue weighted by Gasteiger charge is -2.36. The molecule has 1 aliphatic heterocycles. The summed E-state index contributed by atoms with van der Waals surface area (Å²) in [5, 5.41) is 6.06. The van der Waals surface area contributed by atoms with Gasteiger partial charge in [-0.05, 0) is 72.6 Å². The molecule has 5 rings (SSSR count). The highest BCUT2D eigenvalue weighted by atomic mass is 19.1. The van der Waals surface area contributed by atoms with Crippen molar-refractivity contribution in [2.45, 2.75) is 26.0 Å². The van der Waals surface area contributed by atoms with Crippen molar-refractivity contribution in [1.29, 1.82) is 0 Å². The highest BCUT2D eigenvalue weighted by Gasteiger charge is 2.17. The predicted octanol–water partition coefficient (Wildman–Crippen LogP) is 6.26. The molecule has 0 atom stereocenters. The highest BCUT2D eigenvalue weighted by Crippen LogP contribution is 2.29. The average molecular weight is 528 g/mol. The van der Waals surface area contributed by atoms with E-state index in [1.165, 1.54) is 40.6 Å². The molecule has 0 bridgehead atoms. The summed E-state index contributed by atoms with van der Waals surface area (Å²) in [5.41, 5.74) is 3.37. The normalized spacial score (nSPS) is 14.1. The minimum atomic E-state index is -0.232. The van der Waals surface area contributed by atoms with Gasteiger partial charge in [0.25, 0.3) is 0 Å². The number of ether oxygens (including phenoxy) is 2. The van der Waals surface area contributed by atoms with Crippen LogP contribution in [0.25, 0.3) is 10.8 Å². The first kappa shape index (κ1) is 27.0. The maximum atomic E-state index is 13.3. The van der Waals surface area contributed by atoms with Gasteiger partial charge >= 0.3 is 0 Å². The second-order valence-electron chi connectivity index (χ2n) is 10.1. The van der Waals surface area contributed by atoms with Gasteiger partial charge in [0.1, 0.15) is 23.9 Å². The summed E-state index contributed by atoms with van der Waals surface area (Å²) in [7, 11) is 1.72. The Labute approximate surface area is 231 Å². The molecule has 0 radical (unpaired) electrons. The third-order valence-corrected chi connectivity index (χ3v) is 7.48. The third-order valence-electron chi connectivity index (χ3n) is 7.48. The maximum Gasteiger partial charge on any atom is 0.124 e. The molecule has 6 heteroatoms. The molecule has 39 heavy (non-hydrogen) atoms. The Balaban J connectivity index is 1.07. The Morgan fingerprint density at radius 1 is 0.846 bits per heavy atom. The van der Waals surface area contributed by atoms with Crippen molar-refractivity contribution in [2.24, 2.45) is 0 Å². The molecule has 1 aliphatic rings. The molecular formula is C33H38FN3O2. The van der Waals surface area contributed by atoms with Crippen molar-refractivity contribution >= 4 is 16.5 Å². The molecule has 0 aromatic heterocycles. The Morgan fingerprint density at radius 2 is 1.67 bits per heavy atom. The van der Waals surface area contributed by atoms with Crippen LogP contribution in [0.3, 0.4) is 0 Å². The van der Waals surface area contributed by atoms with Crippen molar-refractivity contribution in [2.75, 3.05) is 51.3 Å². The van der Waals surface area contributed by atoms with Gasteiger partial charge in [-0.15, -0.1) is 0 Å². The number of hydrogen-bond acceptors (Lipinski definition) is 5. The van der Waals surface area contributed by atoms with Gasteiger partial charge in [-0.3, -0.25) is 4.90 Å². The molecule has 1 N–H and O–H groups in total. The zero-order valence-corrected chi connectivity index (χ0v) is 22.7. The van der Waals surface area contributed by atoms with Gasteiger partial charge in [0.2, 0.25) is 0 Å². The monoisotopic (exact) mass is 527 g/mol. The fraction of sp³-hybridized carbons (Fsp3) is 0.333. The topological polar surface area (TPSA) is 37.0 Å². The fourth-order valence-corrected chi connectivity index (χ4v) is 5.21. The van der Waals surface area contributed by atoms with E-state index in [2.05, 4.69) is 63.6 Å². The Bertz CT molecular complexity index is 1340. The van der Waals surface area contributed by atoms with Crippen LogP contribution in [0.15, 0.2) is 84.9 Å². The van der Waals surface area contributed by atoms with Gasteiger partial charge in [-0.1, -0.05) is 48.5 Å². The van der Waals surface area contributed by atoms with Gasteiger partial charge in [-0.25, -0.2) is 4.39 Å². The van der Waals surface area contributed by atoms with Crippen LogP contribution in [0.5, 0.6) is 11.5 Å². The van der Waals surface area contributed by atoms with Gasteiger partial charge in [-0.2, -0.15) is 0 Å². The standard InChI is InChI=1S/C33H38FN3O2/c1-38-30-9-6-8-29(23-30)37-21-19-36(20-22-37)18-5-4-17-35-24-32-31-10-3-2-7-27(31)13-16-33(32)39-25-26-11-14-28(34)15-12-26/h2-3,6-16,23,35H,4-5,17-22,24-25H2,1H3. The first-order chi connectivity index (χ1) is 19.2. The zero-order chi connectivity index (χ0) is 26.9. The quantitative estimate of drug-likeness (QED) is 0.220. The lowest BCUT2D eigenvalue weighted by molar-refractivity contribution is 0.252. The number of benzene rings is 4. The first-order valence-electron chi connectivity index (χ1n) is 13.9. The largest absolute Gasteiger partial charge is 0.497 e. The Kier molecular flexibility index (Phi) is 9.30. The van der Waals surface area contributed by atoms with Crippen molar-refractivity contribution < 1.29 is 13.9 Å². The van der Waals surface area contributed by atoms with Crippen molar-refractivity contribution in [3.63, 3.8) is 0 Å². The van der Waals surface area contributed by atoms with Gasteiger partial charge in [0.05, 0.1) is 7.11 Å². The molecular weight excluding hydrogens is 489 g/mol. The minimum Gasteiger partial charge on any atom is -0.497 e. The van der Waals surface area contributed by atoms with E-state index in [4.69, 9.17) is 9.47 Å². The molecule has 1 saturated heterocycles. The van der Waals surface area contributed by atoms with E-state index in [0.717, 1.165) is 69.3 Å². The van der Waals surface area contributed by atoms with Crippen LogP contribution in [-0.4, -0.2) is 51.3 Å². The van der Waals surface area contributed by atoms with E-state index in [1.807, 2.05) is 12.1 Å². The van der Waals surface area contributed by atoms with E-state index < -0.39 is 0 Å². The highest BCUT2D eigenvalue weighted by molar-refractivity contribution is 5.87. The molecule has 0 aliphatic carbocycles. The van der Waals surface area contributed by atoms with Crippen LogP contribution >= 0.6 is 0 Å². The molecule has 0 saturated carbocycles. The summed E-state index contributed by atoms with van der Waals surface area (Å²) in [6, 6.07) is 27.4. The molecule has 4 aromatic carbocycles. The molecule has 0 amide bonds. The molecule has 1 heterocycles. The fourth-order valence-electron chi connectivity index (χ4n) is 5.21. The number of anilines is 1. The van der Waals surface area contributed by atoms with Crippen LogP contribution in [0.2, 0.25) is 0 Å². The number of nitrogens with zero attached hydrogens (tertiary/aromatic N) is 2. The summed E-state index contributed by atoms with van der Waals surface area (Å²) >= 11 is 0. The minimum absolute atomic E-state index is 0.232. The molecule has 0 spiro atoms. The van der Waals surface area contributed by atoms with Crippen LogP contribution in [-0.2, 0) is 13.2 Å². The molecule has 4 aromatic rings. The van der Waals surface area contributed by atoms with Crippen molar-refractivity contribution in [3.05, 3.63) is 102 Å². The second-order valence-corrected chi connectivity index (χ2v) is 10.1. The zero-order valence-electron chi connectivity index (χ0n) is 22.7. The smallest absolute Gasteiger partial charge is 0.124 e. The van der Waals surface area contributed by atoms with Crippen LogP contribution in [0.1, 0.15) is 24.0 Å². The first-order valence-corrected chi connectivity index (χ1v) is 13.9. The maximum absolute atomic E-state index is 13.3. The summed E-state index contributed by atoms with van der Waals surface area (Å²) in [4.78, 5) is 5.02. The summed E-state index contributed by atoms with van der Waals surface area (Å²) < 4.78 is 24.9.